The maximum absolute atomic E-state index is 11.9. The molecule has 0 aliphatic carbocycles. The number of carbonyl (C=O) groups excluding carboxylic acids is 1. The van der Waals surface area contributed by atoms with Crippen molar-refractivity contribution in [3.8, 4) is 0 Å². The molecule has 1 aliphatic heterocycles. The highest BCUT2D eigenvalue weighted by atomic mass is 16.5. The molecule has 1 atom stereocenters. The van der Waals surface area contributed by atoms with Crippen LogP contribution in [0.25, 0.3) is 0 Å². The van der Waals surface area contributed by atoms with Crippen molar-refractivity contribution in [1.29, 1.82) is 0 Å². The van der Waals surface area contributed by atoms with Crippen molar-refractivity contribution in [1.82, 2.24) is 15.1 Å². The molecule has 0 aromatic heterocycles. The first-order valence-electron chi connectivity index (χ1n) is 8.19. The Bertz CT molecular complexity index is 308. The van der Waals surface area contributed by atoms with E-state index in [9.17, 15) is 4.79 Å². The van der Waals surface area contributed by atoms with Crippen molar-refractivity contribution in [3.05, 3.63) is 0 Å². The zero-order valence-electron chi connectivity index (χ0n) is 14.4. The Morgan fingerprint density at radius 1 is 1.36 bits per heavy atom. The summed E-state index contributed by atoms with van der Waals surface area (Å²) in [6, 6.07) is 0. The molecule has 5 nitrogen and oxygen atoms in total. The van der Waals surface area contributed by atoms with E-state index >= 15 is 0 Å². The summed E-state index contributed by atoms with van der Waals surface area (Å²) in [5.74, 6) is 0.933. The summed E-state index contributed by atoms with van der Waals surface area (Å²) in [5, 5.41) is 3.47. The minimum atomic E-state index is 0. The Labute approximate surface area is 137 Å². The van der Waals surface area contributed by atoms with Gasteiger partial charge in [-0.05, 0) is 12.5 Å². The first-order chi connectivity index (χ1) is 9.90. The van der Waals surface area contributed by atoms with Crippen LogP contribution in [-0.2, 0) is 9.53 Å². The highest BCUT2D eigenvalue weighted by Gasteiger charge is 2.23. The SMILES string of the molecule is C.CC(C)CNCCN1CCO[C@@H](CN(C)C(=O)C(C)C)C1. The molecular weight excluding hydrogens is 278 g/mol. The van der Waals surface area contributed by atoms with Crippen LogP contribution in [0.4, 0.5) is 0 Å². The van der Waals surface area contributed by atoms with Gasteiger partial charge in [-0.2, -0.15) is 0 Å². The fraction of sp³-hybridized carbons (Fsp3) is 0.941. The van der Waals surface area contributed by atoms with Gasteiger partial charge in [0, 0.05) is 45.7 Å². The molecule has 5 heteroatoms. The molecule has 132 valence electrons. The lowest BCUT2D eigenvalue weighted by Crippen LogP contribution is -2.49. The van der Waals surface area contributed by atoms with Gasteiger partial charge in [0.25, 0.3) is 0 Å². The number of nitrogens with zero attached hydrogens (tertiary/aromatic N) is 2. The summed E-state index contributed by atoms with van der Waals surface area (Å²) in [7, 11) is 1.87. The third-order valence-electron chi connectivity index (χ3n) is 3.73. The molecule has 0 bridgehead atoms. The maximum atomic E-state index is 11.9. The van der Waals surface area contributed by atoms with Crippen LogP contribution in [-0.4, -0.2) is 74.7 Å². The topological polar surface area (TPSA) is 44.8 Å². The molecule has 0 radical (unpaired) electrons. The van der Waals surface area contributed by atoms with E-state index in [0.29, 0.717) is 12.5 Å². The molecule has 0 spiro atoms. The fourth-order valence-corrected chi connectivity index (χ4v) is 2.56. The second-order valence-corrected chi connectivity index (χ2v) is 6.76. The highest BCUT2D eigenvalue weighted by Crippen LogP contribution is 2.08. The number of amides is 1. The zero-order chi connectivity index (χ0) is 15.8. The van der Waals surface area contributed by atoms with E-state index in [2.05, 4.69) is 24.1 Å². The van der Waals surface area contributed by atoms with Gasteiger partial charge < -0.3 is 15.0 Å². The quantitative estimate of drug-likeness (QED) is 0.692. The van der Waals surface area contributed by atoms with Gasteiger partial charge in [0.05, 0.1) is 12.7 Å². The smallest absolute Gasteiger partial charge is 0.224 e. The van der Waals surface area contributed by atoms with Gasteiger partial charge in [0.2, 0.25) is 5.91 Å². The second kappa shape index (κ2) is 11.0. The van der Waals surface area contributed by atoms with E-state index in [1.807, 2.05) is 20.9 Å². The Balaban J connectivity index is 0.00000441. The average Bonchev–Trinajstić information content (AvgIpc) is 2.42. The molecule has 1 saturated heterocycles. The van der Waals surface area contributed by atoms with Crippen LogP contribution in [0.5, 0.6) is 0 Å². The molecule has 0 aromatic rings. The third-order valence-corrected chi connectivity index (χ3v) is 3.73. The van der Waals surface area contributed by atoms with Gasteiger partial charge >= 0.3 is 0 Å². The fourth-order valence-electron chi connectivity index (χ4n) is 2.56. The highest BCUT2D eigenvalue weighted by molar-refractivity contribution is 5.77. The zero-order valence-corrected chi connectivity index (χ0v) is 14.4. The molecule has 1 rings (SSSR count). The summed E-state index contributed by atoms with van der Waals surface area (Å²) >= 11 is 0. The summed E-state index contributed by atoms with van der Waals surface area (Å²) < 4.78 is 5.80. The summed E-state index contributed by atoms with van der Waals surface area (Å²) in [4.78, 5) is 16.1. The molecule has 0 unspecified atom stereocenters. The van der Waals surface area contributed by atoms with Crippen LogP contribution in [0.15, 0.2) is 0 Å². The van der Waals surface area contributed by atoms with E-state index in [1.165, 1.54) is 0 Å². The number of rotatable bonds is 8. The average molecular weight is 316 g/mol. The van der Waals surface area contributed by atoms with Crippen LogP contribution in [0, 0.1) is 11.8 Å². The van der Waals surface area contributed by atoms with Crippen molar-refractivity contribution in [2.24, 2.45) is 11.8 Å². The van der Waals surface area contributed by atoms with Crippen LogP contribution in [0.3, 0.4) is 0 Å². The van der Waals surface area contributed by atoms with Gasteiger partial charge in [-0.15, -0.1) is 0 Å². The number of ether oxygens (including phenoxy) is 1. The van der Waals surface area contributed by atoms with Gasteiger partial charge in [-0.3, -0.25) is 9.69 Å². The normalized spacial score (nSPS) is 19.3. The summed E-state index contributed by atoms with van der Waals surface area (Å²) in [6.07, 6.45) is 0.136. The van der Waals surface area contributed by atoms with E-state index < -0.39 is 0 Å². The molecule has 0 saturated carbocycles. The largest absolute Gasteiger partial charge is 0.374 e. The Hall–Kier alpha value is -0.650. The van der Waals surface area contributed by atoms with Crippen molar-refractivity contribution in [2.75, 3.05) is 52.9 Å². The van der Waals surface area contributed by atoms with E-state index in [4.69, 9.17) is 4.74 Å². The van der Waals surface area contributed by atoms with E-state index in [1.54, 1.807) is 4.90 Å². The molecule has 1 aliphatic rings. The minimum absolute atomic E-state index is 0. The monoisotopic (exact) mass is 315 g/mol. The summed E-state index contributed by atoms with van der Waals surface area (Å²) in [5.41, 5.74) is 0. The van der Waals surface area contributed by atoms with E-state index in [-0.39, 0.29) is 25.4 Å². The van der Waals surface area contributed by atoms with Gasteiger partial charge in [-0.1, -0.05) is 35.1 Å². The van der Waals surface area contributed by atoms with Crippen molar-refractivity contribution >= 4 is 5.91 Å². The van der Waals surface area contributed by atoms with Crippen LogP contribution < -0.4 is 5.32 Å². The molecule has 1 heterocycles. The standard InChI is InChI=1S/C16H33N3O2.CH4/c1-13(2)10-17-6-7-19-8-9-21-15(12-19)11-18(5)16(20)14(3)4;/h13-15,17H,6-12H2,1-5H3;1H4/t15-;/m0./s1. The molecule has 1 fully saturated rings. The molecule has 22 heavy (non-hydrogen) atoms. The molecule has 0 aromatic carbocycles. The lowest BCUT2D eigenvalue weighted by Gasteiger charge is -2.35. The Kier molecular flexibility index (Phi) is 10.6. The Morgan fingerprint density at radius 3 is 2.64 bits per heavy atom. The number of hydrogen-bond donors (Lipinski definition) is 1. The number of hydrogen-bond acceptors (Lipinski definition) is 4. The number of carbonyl (C=O) groups is 1. The van der Waals surface area contributed by atoms with Crippen LogP contribution in [0.2, 0.25) is 0 Å². The first kappa shape index (κ1) is 21.4. The van der Waals surface area contributed by atoms with Gasteiger partial charge in [0.1, 0.15) is 0 Å². The second-order valence-electron chi connectivity index (χ2n) is 6.76. The van der Waals surface area contributed by atoms with E-state index in [0.717, 1.165) is 39.3 Å². The molecule has 1 amide bonds. The number of morpholine rings is 1. The predicted octanol–water partition coefficient (Wildman–Crippen LogP) is 1.68. The van der Waals surface area contributed by atoms with Crippen LogP contribution >= 0.6 is 0 Å². The minimum Gasteiger partial charge on any atom is -0.374 e. The lowest BCUT2D eigenvalue weighted by molar-refractivity contribution is -0.136. The molecule has 1 N–H and O–H groups in total. The predicted molar refractivity (Wildman–Crippen MR) is 93.1 cm³/mol. The van der Waals surface area contributed by atoms with Crippen LogP contribution in [0.1, 0.15) is 35.1 Å². The third kappa shape index (κ3) is 8.11. The summed E-state index contributed by atoms with van der Waals surface area (Å²) in [6.45, 7) is 14.8. The van der Waals surface area contributed by atoms with Gasteiger partial charge in [-0.25, -0.2) is 0 Å². The number of likely N-dealkylation sites (N-methyl/N-ethyl adjacent to an activating group) is 1. The lowest BCUT2D eigenvalue weighted by atomic mass is 10.2. The van der Waals surface area contributed by atoms with Crippen molar-refractivity contribution in [2.45, 2.75) is 41.2 Å². The number of nitrogens with one attached hydrogen (secondary N) is 1. The first-order valence-corrected chi connectivity index (χ1v) is 8.19. The van der Waals surface area contributed by atoms with Crippen molar-refractivity contribution in [3.63, 3.8) is 0 Å². The maximum Gasteiger partial charge on any atom is 0.224 e. The Morgan fingerprint density at radius 2 is 2.05 bits per heavy atom. The molecular formula is C17H37N3O2. The van der Waals surface area contributed by atoms with Crippen molar-refractivity contribution < 1.29 is 9.53 Å². The van der Waals surface area contributed by atoms with Gasteiger partial charge in [0.15, 0.2) is 0 Å².